The second-order valence-corrected chi connectivity index (χ2v) is 3.33. The molecule has 0 unspecified atom stereocenters. The molecule has 0 aliphatic rings. The third-order valence-electron chi connectivity index (χ3n) is 2.11. The number of ether oxygens (including phenoxy) is 1. The molecule has 84 valence electrons. The molecule has 0 radical (unpaired) electrons. The molecule has 0 amide bonds. The minimum absolute atomic E-state index is 0.0307. The lowest BCUT2D eigenvalue weighted by molar-refractivity contribution is -0.386. The first-order valence-corrected chi connectivity index (χ1v) is 4.97. The molecule has 0 atom stereocenters. The molecule has 4 nitrogen and oxygen atoms in total. The number of hydrogen-bond acceptors (Lipinski definition) is 3. The SMILES string of the molecule is C#CCCCOc1cccc(C)c1[N+](=O)[O-]. The average molecular weight is 219 g/mol. The van der Waals surface area contributed by atoms with Crippen molar-refractivity contribution < 1.29 is 9.66 Å². The van der Waals surface area contributed by atoms with Gasteiger partial charge in [-0.15, -0.1) is 12.3 Å². The van der Waals surface area contributed by atoms with Crippen LogP contribution in [0.15, 0.2) is 18.2 Å². The van der Waals surface area contributed by atoms with E-state index in [-0.39, 0.29) is 5.69 Å². The smallest absolute Gasteiger partial charge is 0.313 e. The average Bonchev–Trinajstić information content (AvgIpc) is 2.24. The van der Waals surface area contributed by atoms with E-state index in [4.69, 9.17) is 11.2 Å². The molecule has 1 aromatic rings. The number of nitro benzene ring substituents is 1. The molecule has 0 N–H and O–H groups in total. The Hall–Kier alpha value is -2.02. The Kier molecular flexibility index (Phi) is 4.34. The summed E-state index contributed by atoms with van der Waals surface area (Å²) >= 11 is 0. The first-order chi connectivity index (χ1) is 7.66. The van der Waals surface area contributed by atoms with E-state index in [1.54, 1.807) is 25.1 Å². The number of nitrogens with zero attached hydrogens (tertiary/aromatic N) is 1. The predicted molar refractivity (Wildman–Crippen MR) is 61.4 cm³/mol. The van der Waals surface area contributed by atoms with Crippen LogP contribution in [-0.4, -0.2) is 11.5 Å². The fourth-order valence-corrected chi connectivity index (χ4v) is 1.34. The molecular weight excluding hydrogens is 206 g/mol. The molecular formula is C12H13NO3. The number of terminal acetylenes is 1. The van der Waals surface area contributed by atoms with Gasteiger partial charge in [0.15, 0.2) is 5.75 Å². The van der Waals surface area contributed by atoms with Crippen molar-refractivity contribution in [1.29, 1.82) is 0 Å². The molecule has 1 aromatic carbocycles. The van der Waals surface area contributed by atoms with Crippen molar-refractivity contribution in [3.8, 4) is 18.1 Å². The molecule has 0 aliphatic heterocycles. The Balaban J connectivity index is 2.76. The maximum Gasteiger partial charge on any atom is 0.313 e. The van der Waals surface area contributed by atoms with Gasteiger partial charge in [-0.05, 0) is 19.4 Å². The Morgan fingerprint density at radius 1 is 1.56 bits per heavy atom. The van der Waals surface area contributed by atoms with Crippen LogP contribution in [0.4, 0.5) is 5.69 Å². The monoisotopic (exact) mass is 219 g/mol. The highest BCUT2D eigenvalue weighted by molar-refractivity contribution is 5.51. The van der Waals surface area contributed by atoms with Gasteiger partial charge in [-0.25, -0.2) is 0 Å². The molecule has 16 heavy (non-hydrogen) atoms. The molecule has 0 fully saturated rings. The largest absolute Gasteiger partial charge is 0.487 e. The zero-order chi connectivity index (χ0) is 12.0. The summed E-state index contributed by atoms with van der Waals surface area (Å²) in [5.74, 6) is 2.80. The highest BCUT2D eigenvalue weighted by Gasteiger charge is 2.17. The van der Waals surface area contributed by atoms with Crippen molar-refractivity contribution in [3.05, 3.63) is 33.9 Å². The maximum absolute atomic E-state index is 10.8. The molecule has 1 rings (SSSR count). The molecule has 0 aromatic heterocycles. The third-order valence-corrected chi connectivity index (χ3v) is 2.11. The van der Waals surface area contributed by atoms with Gasteiger partial charge in [-0.1, -0.05) is 12.1 Å². The summed E-state index contributed by atoms with van der Waals surface area (Å²) in [5.41, 5.74) is 0.627. The van der Waals surface area contributed by atoms with Crippen molar-refractivity contribution in [2.75, 3.05) is 6.61 Å². The molecule has 4 heteroatoms. The van der Waals surface area contributed by atoms with Gasteiger partial charge in [0.1, 0.15) is 0 Å². The maximum atomic E-state index is 10.8. The van der Waals surface area contributed by atoms with E-state index in [2.05, 4.69) is 5.92 Å². The molecule has 0 heterocycles. The van der Waals surface area contributed by atoms with Gasteiger partial charge >= 0.3 is 5.69 Å². The van der Waals surface area contributed by atoms with Crippen LogP contribution in [0.5, 0.6) is 5.75 Å². The van der Waals surface area contributed by atoms with E-state index in [9.17, 15) is 10.1 Å². The second kappa shape index (κ2) is 5.76. The van der Waals surface area contributed by atoms with Crippen LogP contribution in [0.3, 0.4) is 0 Å². The van der Waals surface area contributed by atoms with Crippen LogP contribution in [0.1, 0.15) is 18.4 Å². The van der Waals surface area contributed by atoms with Crippen molar-refractivity contribution in [3.63, 3.8) is 0 Å². The van der Waals surface area contributed by atoms with Crippen LogP contribution in [0.2, 0.25) is 0 Å². The highest BCUT2D eigenvalue weighted by Crippen LogP contribution is 2.30. The lowest BCUT2D eigenvalue weighted by atomic mass is 10.2. The second-order valence-electron chi connectivity index (χ2n) is 3.33. The lowest BCUT2D eigenvalue weighted by Crippen LogP contribution is -2.01. The normalized spacial score (nSPS) is 9.50. The van der Waals surface area contributed by atoms with Gasteiger partial charge in [0.05, 0.1) is 11.5 Å². The first kappa shape index (κ1) is 12.1. The lowest BCUT2D eigenvalue weighted by Gasteiger charge is -2.06. The number of hydrogen-bond donors (Lipinski definition) is 0. The zero-order valence-corrected chi connectivity index (χ0v) is 9.10. The summed E-state index contributed by atoms with van der Waals surface area (Å²) in [6, 6.07) is 5.02. The number of unbranched alkanes of at least 4 members (excludes halogenated alkanes) is 1. The van der Waals surface area contributed by atoms with E-state index in [0.717, 1.165) is 0 Å². The summed E-state index contributed by atoms with van der Waals surface area (Å²) in [6.07, 6.45) is 6.40. The topological polar surface area (TPSA) is 52.4 Å². The Morgan fingerprint density at radius 2 is 2.31 bits per heavy atom. The Bertz CT molecular complexity index is 421. The Morgan fingerprint density at radius 3 is 2.94 bits per heavy atom. The highest BCUT2D eigenvalue weighted by atomic mass is 16.6. The molecule has 0 aliphatic carbocycles. The van der Waals surface area contributed by atoms with Crippen LogP contribution in [-0.2, 0) is 0 Å². The van der Waals surface area contributed by atoms with E-state index in [1.807, 2.05) is 0 Å². The number of benzene rings is 1. The van der Waals surface area contributed by atoms with Crippen molar-refractivity contribution in [2.24, 2.45) is 0 Å². The van der Waals surface area contributed by atoms with E-state index in [1.165, 1.54) is 0 Å². The van der Waals surface area contributed by atoms with Gasteiger partial charge in [-0.2, -0.15) is 0 Å². The zero-order valence-electron chi connectivity index (χ0n) is 9.10. The quantitative estimate of drug-likeness (QED) is 0.331. The van der Waals surface area contributed by atoms with Crippen LogP contribution in [0, 0.1) is 29.4 Å². The first-order valence-electron chi connectivity index (χ1n) is 4.97. The fourth-order valence-electron chi connectivity index (χ4n) is 1.34. The van der Waals surface area contributed by atoms with Gasteiger partial charge in [0.2, 0.25) is 0 Å². The van der Waals surface area contributed by atoms with E-state index in [0.29, 0.717) is 30.8 Å². The van der Waals surface area contributed by atoms with E-state index >= 15 is 0 Å². The van der Waals surface area contributed by atoms with Crippen molar-refractivity contribution in [2.45, 2.75) is 19.8 Å². The Labute approximate surface area is 94.4 Å². The fraction of sp³-hybridized carbons (Fsp3) is 0.333. The molecule has 0 saturated heterocycles. The third kappa shape index (κ3) is 2.99. The summed E-state index contributed by atoms with van der Waals surface area (Å²) in [4.78, 5) is 10.4. The van der Waals surface area contributed by atoms with Crippen LogP contribution in [0.25, 0.3) is 0 Å². The van der Waals surface area contributed by atoms with Gasteiger partial charge in [0, 0.05) is 12.0 Å². The van der Waals surface area contributed by atoms with Crippen molar-refractivity contribution >= 4 is 5.69 Å². The predicted octanol–water partition coefficient (Wildman–Crippen LogP) is 2.70. The summed E-state index contributed by atoms with van der Waals surface area (Å²) in [6.45, 7) is 2.08. The molecule has 0 spiro atoms. The number of aryl methyl sites for hydroxylation is 1. The van der Waals surface area contributed by atoms with Crippen molar-refractivity contribution in [1.82, 2.24) is 0 Å². The molecule has 0 saturated carbocycles. The van der Waals surface area contributed by atoms with Gasteiger partial charge in [-0.3, -0.25) is 10.1 Å². The van der Waals surface area contributed by atoms with Crippen LogP contribution >= 0.6 is 0 Å². The standard InChI is InChI=1S/C12H13NO3/c1-3-4-5-9-16-11-8-6-7-10(2)12(11)13(14)15/h1,6-8H,4-5,9H2,2H3. The van der Waals surface area contributed by atoms with Gasteiger partial charge in [0.25, 0.3) is 0 Å². The van der Waals surface area contributed by atoms with Crippen LogP contribution < -0.4 is 4.74 Å². The van der Waals surface area contributed by atoms with E-state index < -0.39 is 4.92 Å². The number of para-hydroxylation sites is 1. The molecule has 0 bridgehead atoms. The summed E-state index contributed by atoms with van der Waals surface area (Å²) < 4.78 is 5.34. The number of nitro groups is 1. The summed E-state index contributed by atoms with van der Waals surface area (Å²) in [7, 11) is 0. The summed E-state index contributed by atoms with van der Waals surface area (Å²) in [5, 5.41) is 10.8. The minimum Gasteiger partial charge on any atom is -0.487 e. The van der Waals surface area contributed by atoms with Gasteiger partial charge < -0.3 is 4.74 Å². The number of rotatable bonds is 5. The minimum atomic E-state index is -0.425.